The van der Waals surface area contributed by atoms with Gasteiger partial charge in [0.15, 0.2) is 11.5 Å². The van der Waals surface area contributed by atoms with Gasteiger partial charge in [0.25, 0.3) is 0 Å². The van der Waals surface area contributed by atoms with Crippen LogP contribution in [0, 0.1) is 0 Å². The highest BCUT2D eigenvalue weighted by atomic mass is 19.4. The van der Waals surface area contributed by atoms with Crippen LogP contribution in [-0.4, -0.2) is 23.3 Å². The van der Waals surface area contributed by atoms with E-state index in [1.165, 1.54) is 6.07 Å². The zero-order valence-corrected chi connectivity index (χ0v) is 10.6. The molecule has 1 saturated carbocycles. The molecule has 0 spiro atoms. The molecule has 110 valence electrons. The fourth-order valence-electron chi connectivity index (χ4n) is 2.29. The van der Waals surface area contributed by atoms with Gasteiger partial charge in [-0.1, -0.05) is 0 Å². The number of carboxylic acid groups (broad SMARTS) is 1. The largest absolute Gasteiger partial charge is 0.504 e. The summed E-state index contributed by atoms with van der Waals surface area (Å²) in [7, 11) is 1.15. The van der Waals surface area contributed by atoms with E-state index >= 15 is 0 Å². The van der Waals surface area contributed by atoms with Crippen molar-refractivity contribution >= 4 is 5.97 Å². The van der Waals surface area contributed by atoms with E-state index < -0.39 is 28.9 Å². The summed E-state index contributed by atoms with van der Waals surface area (Å²) < 4.78 is 43.4. The standard InChI is InChI=1S/C13H13F3O4/c1-20-9-5-7(12(2-3-12)6-10(17)18)4-8(11(9)19)13(14,15)16/h4-5,19H,2-3,6H2,1H3,(H,17,18). The van der Waals surface area contributed by atoms with Crippen LogP contribution in [0.15, 0.2) is 12.1 Å². The Kier molecular flexibility index (Phi) is 3.31. The van der Waals surface area contributed by atoms with Crippen molar-refractivity contribution in [2.24, 2.45) is 0 Å². The van der Waals surface area contributed by atoms with Gasteiger partial charge in [-0.25, -0.2) is 0 Å². The molecule has 0 radical (unpaired) electrons. The molecular weight excluding hydrogens is 277 g/mol. The molecular formula is C13H13F3O4. The lowest BCUT2D eigenvalue weighted by Gasteiger charge is -2.19. The maximum atomic E-state index is 12.9. The van der Waals surface area contributed by atoms with Gasteiger partial charge < -0.3 is 14.9 Å². The predicted octanol–water partition coefficient (Wildman–Crippen LogP) is 2.93. The summed E-state index contributed by atoms with van der Waals surface area (Å²) in [5, 5.41) is 18.4. The molecule has 1 aromatic carbocycles. The lowest BCUT2D eigenvalue weighted by Crippen LogP contribution is -2.15. The van der Waals surface area contributed by atoms with Gasteiger partial charge in [0, 0.05) is 5.41 Å². The van der Waals surface area contributed by atoms with E-state index in [1.807, 2.05) is 0 Å². The molecule has 2 rings (SSSR count). The van der Waals surface area contributed by atoms with Crippen molar-refractivity contribution in [1.82, 2.24) is 0 Å². The number of carbonyl (C=O) groups is 1. The second kappa shape index (κ2) is 4.57. The van der Waals surface area contributed by atoms with Crippen LogP contribution in [-0.2, 0) is 16.4 Å². The minimum atomic E-state index is -4.73. The molecule has 7 heteroatoms. The summed E-state index contributed by atoms with van der Waals surface area (Å²) in [6.07, 6.45) is -3.96. The molecule has 0 atom stereocenters. The third-order valence-electron chi connectivity index (χ3n) is 3.56. The normalized spacial score (nSPS) is 16.8. The van der Waals surface area contributed by atoms with Gasteiger partial charge in [0.05, 0.1) is 13.5 Å². The number of halogens is 3. The Labute approximate surface area is 112 Å². The van der Waals surface area contributed by atoms with Crippen LogP contribution in [0.5, 0.6) is 11.5 Å². The van der Waals surface area contributed by atoms with Gasteiger partial charge in [-0.15, -0.1) is 0 Å². The Bertz CT molecular complexity index is 547. The average Bonchev–Trinajstić information content (AvgIpc) is 3.07. The van der Waals surface area contributed by atoms with Gasteiger partial charge in [-0.3, -0.25) is 4.79 Å². The number of aromatic hydroxyl groups is 1. The van der Waals surface area contributed by atoms with Crippen molar-refractivity contribution < 1.29 is 32.9 Å². The number of methoxy groups -OCH3 is 1. The number of benzene rings is 1. The molecule has 4 nitrogen and oxygen atoms in total. The molecule has 0 heterocycles. The van der Waals surface area contributed by atoms with Crippen molar-refractivity contribution in [2.75, 3.05) is 7.11 Å². The molecule has 20 heavy (non-hydrogen) atoms. The lowest BCUT2D eigenvalue weighted by atomic mass is 9.90. The van der Waals surface area contributed by atoms with Gasteiger partial charge >= 0.3 is 12.1 Å². The van der Waals surface area contributed by atoms with E-state index in [4.69, 9.17) is 9.84 Å². The minimum Gasteiger partial charge on any atom is -0.504 e. The van der Waals surface area contributed by atoms with E-state index in [0.29, 0.717) is 12.8 Å². The Hall–Kier alpha value is -1.92. The maximum Gasteiger partial charge on any atom is 0.420 e. The summed E-state index contributed by atoms with van der Waals surface area (Å²) in [6.45, 7) is 0. The molecule has 0 unspecified atom stereocenters. The summed E-state index contributed by atoms with van der Waals surface area (Å²) >= 11 is 0. The number of hydrogen-bond acceptors (Lipinski definition) is 3. The molecule has 0 saturated heterocycles. The molecule has 1 aromatic rings. The Morgan fingerprint density at radius 3 is 2.40 bits per heavy atom. The average molecular weight is 290 g/mol. The van der Waals surface area contributed by atoms with Crippen LogP contribution in [0.1, 0.15) is 30.4 Å². The maximum absolute atomic E-state index is 12.9. The molecule has 1 aliphatic carbocycles. The van der Waals surface area contributed by atoms with E-state index in [-0.39, 0.29) is 17.7 Å². The fraction of sp³-hybridized carbons (Fsp3) is 0.462. The second-order valence-electron chi connectivity index (χ2n) is 4.92. The predicted molar refractivity (Wildman–Crippen MR) is 62.8 cm³/mol. The SMILES string of the molecule is COc1cc(C2(CC(=O)O)CC2)cc(C(F)(F)F)c1O. The summed E-state index contributed by atoms with van der Waals surface area (Å²) in [5.74, 6) is -2.34. The molecule has 0 bridgehead atoms. The highest BCUT2D eigenvalue weighted by molar-refractivity contribution is 5.70. The van der Waals surface area contributed by atoms with Crippen LogP contribution in [0.2, 0.25) is 0 Å². The zero-order valence-electron chi connectivity index (χ0n) is 10.6. The van der Waals surface area contributed by atoms with E-state index in [1.54, 1.807) is 0 Å². The molecule has 0 aromatic heterocycles. The monoisotopic (exact) mass is 290 g/mol. The van der Waals surface area contributed by atoms with Crippen molar-refractivity contribution in [1.29, 1.82) is 0 Å². The molecule has 0 aliphatic heterocycles. The Morgan fingerprint density at radius 1 is 1.40 bits per heavy atom. The van der Waals surface area contributed by atoms with Gasteiger partial charge in [0.1, 0.15) is 5.56 Å². The number of ether oxygens (including phenoxy) is 1. The summed E-state index contributed by atoms with van der Waals surface area (Å²) in [5.41, 5.74) is -1.75. The molecule has 1 fully saturated rings. The first-order chi connectivity index (χ1) is 9.19. The molecule has 1 aliphatic rings. The van der Waals surface area contributed by atoms with E-state index in [0.717, 1.165) is 13.2 Å². The zero-order chi connectivity index (χ0) is 15.1. The number of alkyl halides is 3. The topological polar surface area (TPSA) is 66.8 Å². The van der Waals surface area contributed by atoms with Crippen LogP contribution in [0.25, 0.3) is 0 Å². The minimum absolute atomic E-state index is 0.238. The highest BCUT2D eigenvalue weighted by Gasteiger charge is 2.48. The third-order valence-corrected chi connectivity index (χ3v) is 3.56. The van der Waals surface area contributed by atoms with Crippen LogP contribution in [0.4, 0.5) is 13.2 Å². The van der Waals surface area contributed by atoms with Gasteiger partial charge in [-0.05, 0) is 30.5 Å². The number of aliphatic carboxylic acids is 1. The number of hydrogen-bond donors (Lipinski definition) is 2. The van der Waals surface area contributed by atoms with Crippen molar-refractivity contribution in [3.63, 3.8) is 0 Å². The van der Waals surface area contributed by atoms with Gasteiger partial charge in [0.2, 0.25) is 0 Å². The van der Waals surface area contributed by atoms with Crippen LogP contribution < -0.4 is 4.74 Å². The first-order valence-corrected chi connectivity index (χ1v) is 5.90. The first kappa shape index (κ1) is 14.5. The van der Waals surface area contributed by atoms with Crippen molar-refractivity contribution in [2.45, 2.75) is 30.9 Å². The summed E-state index contributed by atoms with van der Waals surface area (Å²) in [4.78, 5) is 10.8. The van der Waals surface area contributed by atoms with Crippen LogP contribution >= 0.6 is 0 Å². The highest BCUT2D eigenvalue weighted by Crippen LogP contribution is 2.54. The van der Waals surface area contributed by atoms with Crippen LogP contribution in [0.3, 0.4) is 0 Å². The Morgan fingerprint density at radius 2 is 2.00 bits per heavy atom. The lowest BCUT2D eigenvalue weighted by molar-refractivity contribution is -0.139. The van der Waals surface area contributed by atoms with Crippen molar-refractivity contribution in [3.8, 4) is 11.5 Å². The summed E-state index contributed by atoms with van der Waals surface area (Å²) in [6, 6.07) is 2.09. The molecule has 2 N–H and O–H groups in total. The molecule has 0 amide bonds. The quantitative estimate of drug-likeness (QED) is 0.894. The first-order valence-electron chi connectivity index (χ1n) is 5.90. The number of carboxylic acids is 1. The number of rotatable bonds is 4. The van der Waals surface area contributed by atoms with E-state index in [9.17, 15) is 23.1 Å². The van der Waals surface area contributed by atoms with Crippen molar-refractivity contribution in [3.05, 3.63) is 23.3 Å². The number of phenolic OH excluding ortho intramolecular Hbond substituents is 1. The third kappa shape index (κ3) is 2.52. The second-order valence-corrected chi connectivity index (χ2v) is 4.92. The number of phenols is 1. The Balaban J connectivity index is 2.53. The fourth-order valence-corrected chi connectivity index (χ4v) is 2.29. The smallest absolute Gasteiger partial charge is 0.420 e. The van der Waals surface area contributed by atoms with E-state index in [2.05, 4.69) is 0 Å². The van der Waals surface area contributed by atoms with Gasteiger partial charge in [-0.2, -0.15) is 13.2 Å².